The topological polar surface area (TPSA) is 107 Å². The van der Waals surface area contributed by atoms with Gasteiger partial charge in [0, 0.05) is 29.0 Å². The van der Waals surface area contributed by atoms with Crippen molar-refractivity contribution in [2.24, 2.45) is 0 Å². The van der Waals surface area contributed by atoms with Gasteiger partial charge in [-0.2, -0.15) is 0 Å². The third-order valence-corrected chi connectivity index (χ3v) is 5.76. The van der Waals surface area contributed by atoms with Crippen LogP contribution in [0.3, 0.4) is 0 Å². The number of anilines is 2. The molecule has 3 aromatic rings. The van der Waals surface area contributed by atoms with Gasteiger partial charge in [0.15, 0.2) is 16.7 Å². The molecule has 166 valence electrons. The molecule has 0 aliphatic carbocycles. The van der Waals surface area contributed by atoms with Gasteiger partial charge in [-0.3, -0.25) is 9.59 Å². The van der Waals surface area contributed by atoms with Crippen LogP contribution in [0.1, 0.15) is 12.7 Å². The highest BCUT2D eigenvalue weighted by molar-refractivity contribution is 7.99. The number of thioether (sulfide) groups is 1. The summed E-state index contributed by atoms with van der Waals surface area (Å²) < 4.78 is 12.4. The van der Waals surface area contributed by atoms with Crippen LogP contribution in [-0.2, 0) is 22.6 Å². The van der Waals surface area contributed by atoms with Gasteiger partial charge in [-0.1, -0.05) is 23.4 Å². The summed E-state index contributed by atoms with van der Waals surface area (Å²) in [5.74, 6) is 1.51. The summed E-state index contributed by atoms with van der Waals surface area (Å²) in [6.45, 7) is 2.68. The lowest BCUT2D eigenvalue weighted by Crippen LogP contribution is -2.18. The van der Waals surface area contributed by atoms with Crippen LogP contribution in [0.25, 0.3) is 0 Å². The fourth-order valence-corrected chi connectivity index (χ4v) is 4.00. The highest BCUT2D eigenvalue weighted by Gasteiger charge is 2.17. The monoisotopic (exact) mass is 473 g/mol. The molecular formula is C21H20ClN5O4S. The van der Waals surface area contributed by atoms with E-state index < -0.39 is 0 Å². The van der Waals surface area contributed by atoms with Crippen LogP contribution >= 0.6 is 23.4 Å². The van der Waals surface area contributed by atoms with E-state index in [1.165, 1.54) is 11.8 Å². The van der Waals surface area contributed by atoms with Crippen molar-refractivity contribution >= 4 is 46.6 Å². The Balaban J connectivity index is 1.32. The average Bonchev–Trinajstić information content (AvgIpc) is 3.40. The van der Waals surface area contributed by atoms with E-state index in [1.54, 1.807) is 42.5 Å². The number of aromatic nitrogens is 3. The first-order chi connectivity index (χ1) is 15.5. The number of nitrogens with one attached hydrogen (secondary N) is 2. The van der Waals surface area contributed by atoms with Crippen molar-refractivity contribution in [2.75, 3.05) is 23.2 Å². The van der Waals surface area contributed by atoms with Gasteiger partial charge in [-0.15, -0.1) is 10.2 Å². The number of ether oxygens (including phenoxy) is 2. The third kappa shape index (κ3) is 5.32. The summed E-state index contributed by atoms with van der Waals surface area (Å²) in [7, 11) is 0. The van der Waals surface area contributed by atoms with Gasteiger partial charge in [-0.25, -0.2) is 0 Å². The molecule has 0 unspecified atom stereocenters. The predicted octanol–water partition coefficient (Wildman–Crippen LogP) is 3.59. The van der Waals surface area contributed by atoms with E-state index in [1.807, 2.05) is 11.5 Å². The smallest absolute Gasteiger partial charge is 0.234 e. The molecule has 11 heteroatoms. The Morgan fingerprint density at radius 2 is 1.75 bits per heavy atom. The SMILES string of the molecule is CCn1c(CC(=O)Nc2ccc(Cl)cc2)nnc1SCC(=O)Nc1ccc2c(c1)OCO2. The minimum Gasteiger partial charge on any atom is -0.454 e. The second-order valence-electron chi connectivity index (χ2n) is 6.78. The van der Waals surface area contributed by atoms with E-state index in [2.05, 4.69) is 20.8 Å². The minimum atomic E-state index is -0.216. The van der Waals surface area contributed by atoms with E-state index in [-0.39, 0.29) is 30.8 Å². The number of rotatable bonds is 8. The summed E-state index contributed by atoms with van der Waals surface area (Å²) >= 11 is 7.12. The third-order valence-electron chi connectivity index (χ3n) is 4.55. The first kappa shape index (κ1) is 22.0. The fourth-order valence-electron chi connectivity index (χ4n) is 3.06. The van der Waals surface area contributed by atoms with Gasteiger partial charge in [0.25, 0.3) is 0 Å². The molecule has 9 nitrogen and oxygen atoms in total. The maximum absolute atomic E-state index is 12.4. The van der Waals surface area contributed by atoms with Gasteiger partial charge in [0.05, 0.1) is 12.2 Å². The molecular weight excluding hydrogens is 454 g/mol. The quantitative estimate of drug-likeness (QED) is 0.481. The molecule has 2 amide bonds. The highest BCUT2D eigenvalue weighted by atomic mass is 35.5. The lowest BCUT2D eigenvalue weighted by atomic mass is 10.3. The zero-order chi connectivity index (χ0) is 22.5. The number of amides is 2. The predicted molar refractivity (Wildman–Crippen MR) is 121 cm³/mol. The van der Waals surface area contributed by atoms with Gasteiger partial charge in [-0.05, 0) is 43.3 Å². The standard InChI is InChI=1S/C21H20ClN5O4S/c1-2-27-18(10-19(28)23-14-5-3-13(22)4-6-14)25-26-21(27)32-11-20(29)24-15-7-8-16-17(9-15)31-12-30-16/h3-9H,2,10-12H2,1H3,(H,23,28)(H,24,29). The van der Waals surface area contributed by atoms with E-state index in [0.717, 1.165) is 0 Å². The van der Waals surface area contributed by atoms with E-state index in [9.17, 15) is 9.59 Å². The summed E-state index contributed by atoms with van der Waals surface area (Å²) in [6.07, 6.45) is 0.0629. The van der Waals surface area contributed by atoms with Crippen LogP contribution in [0.2, 0.25) is 5.02 Å². The van der Waals surface area contributed by atoms with Crippen molar-refractivity contribution in [1.82, 2.24) is 14.8 Å². The Morgan fingerprint density at radius 3 is 2.53 bits per heavy atom. The van der Waals surface area contributed by atoms with Crippen LogP contribution in [0.5, 0.6) is 11.5 Å². The molecule has 0 radical (unpaired) electrons. The molecule has 32 heavy (non-hydrogen) atoms. The molecule has 0 bridgehead atoms. The van der Waals surface area contributed by atoms with Gasteiger partial charge >= 0.3 is 0 Å². The minimum absolute atomic E-state index is 0.0629. The number of carbonyl (C=O) groups excluding carboxylic acids is 2. The molecule has 2 heterocycles. The van der Waals surface area contributed by atoms with Crippen LogP contribution < -0.4 is 20.1 Å². The van der Waals surface area contributed by atoms with Crippen LogP contribution in [0.4, 0.5) is 11.4 Å². The first-order valence-corrected chi connectivity index (χ1v) is 11.2. The summed E-state index contributed by atoms with van der Waals surface area (Å²) in [6, 6.07) is 12.1. The van der Waals surface area contributed by atoms with Gasteiger partial charge in [0.1, 0.15) is 5.82 Å². The highest BCUT2D eigenvalue weighted by Crippen LogP contribution is 2.34. The van der Waals surface area contributed by atoms with E-state index >= 15 is 0 Å². The van der Waals surface area contributed by atoms with Crippen LogP contribution in [0.15, 0.2) is 47.6 Å². The maximum Gasteiger partial charge on any atom is 0.234 e. The summed E-state index contributed by atoms with van der Waals surface area (Å²) in [5, 5.41) is 15.1. The molecule has 0 atom stereocenters. The van der Waals surface area contributed by atoms with Crippen LogP contribution in [-0.4, -0.2) is 39.1 Å². The molecule has 1 aliphatic heterocycles. The Morgan fingerprint density at radius 1 is 1.03 bits per heavy atom. The number of benzene rings is 2. The molecule has 0 saturated carbocycles. The normalized spacial score (nSPS) is 11.9. The number of hydrogen-bond acceptors (Lipinski definition) is 7. The largest absolute Gasteiger partial charge is 0.454 e. The molecule has 2 aromatic carbocycles. The number of fused-ring (bicyclic) bond motifs is 1. The second kappa shape index (κ2) is 9.92. The molecule has 0 fully saturated rings. The van der Waals surface area contributed by atoms with Crippen molar-refractivity contribution in [1.29, 1.82) is 0 Å². The molecule has 1 aliphatic rings. The van der Waals surface area contributed by atoms with Crippen molar-refractivity contribution in [2.45, 2.75) is 25.0 Å². The zero-order valence-electron chi connectivity index (χ0n) is 17.1. The van der Waals surface area contributed by atoms with Crippen molar-refractivity contribution in [3.63, 3.8) is 0 Å². The van der Waals surface area contributed by atoms with Crippen molar-refractivity contribution in [3.05, 3.63) is 53.3 Å². The lowest BCUT2D eigenvalue weighted by Gasteiger charge is -2.09. The average molecular weight is 474 g/mol. The fraction of sp³-hybridized carbons (Fsp3) is 0.238. The Bertz CT molecular complexity index is 1140. The van der Waals surface area contributed by atoms with E-state index in [4.69, 9.17) is 21.1 Å². The molecule has 2 N–H and O–H groups in total. The first-order valence-electron chi connectivity index (χ1n) is 9.81. The summed E-state index contributed by atoms with van der Waals surface area (Å²) in [4.78, 5) is 24.7. The van der Waals surface area contributed by atoms with Crippen molar-refractivity contribution < 1.29 is 19.1 Å². The lowest BCUT2D eigenvalue weighted by molar-refractivity contribution is -0.116. The number of carbonyl (C=O) groups is 2. The Hall–Kier alpha value is -3.24. The molecule has 0 saturated heterocycles. The number of hydrogen-bond donors (Lipinski definition) is 2. The zero-order valence-corrected chi connectivity index (χ0v) is 18.7. The number of halogens is 1. The Labute approximate surface area is 193 Å². The number of nitrogens with zero attached hydrogens (tertiary/aromatic N) is 3. The molecule has 4 rings (SSSR count). The Kier molecular flexibility index (Phi) is 6.81. The van der Waals surface area contributed by atoms with Gasteiger partial charge in [0.2, 0.25) is 18.6 Å². The maximum atomic E-state index is 12.4. The second-order valence-corrected chi connectivity index (χ2v) is 8.16. The summed E-state index contributed by atoms with van der Waals surface area (Å²) in [5.41, 5.74) is 1.27. The van der Waals surface area contributed by atoms with Crippen LogP contribution in [0, 0.1) is 0 Å². The van der Waals surface area contributed by atoms with Crippen molar-refractivity contribution in [3.8, 4) is 11.5 Å². The van der Waals surface area contributed by atoms with E-state index in [0.29, 0.717) is 45.4 Å². The molecule has 0 spiro atoms. The molecule has 1 aromatic heterocycles. The van der Waals surface area contributed by atoms with Gasteiger partial charge < -0.3 is 24.7 Å².